The van der Waals surface area contributed by atoms with Gasteiger partial charge in [-0.1, -0.05) is 31.5 Å². The van der Waals surface area contributed by atoms with Crippen LogP contribution in [0.2, 0.25) is 0 Å². The lowest BCUT2D eigenvalue weighted by Gasteiger charge is -2.20. The molecule has 0 unspecified atom stereocenters. The SMILES string of the molecule is Cc1ccc(S(=O)(=O)N[C@H](C(=O)N/N=C\c2ccc(OS(=O)(=O)c3ccc([N+](=O)[O-])cc3)cc2)C(C)C)cc1. The van der Waals surface area contributed by atoms with Gasteiger partial charge in [-0.25, -0.2) is 13.8 Å². The molecular formula is C25H26N4O8S2. The Labute approximate surface area is 226 Å². The second-order valence-corrected chi connectivity index (χ2v) is 12.0. The number of rotatable bonds is 11. The van der Waals surface area contributed by atoms with Crippen molar-refractivity contribution in [3.63, 3.8) is 0 Å². The number of carbonyl (C=O) groups excluding carboxylic acids is 1. The summed E-state index contributed by atoms with van der Waals surface area (Å²) in [6, 6.07) is 15.1. The van der Waals surface area contributed by atoms with Crippen LogP contribution in [0, 0.1) is 23.0 Å². The first-order valence-electron chi connectivity index (χ1n) is 11.5. The van der Waals surface area contributed by atoms with Gasteiger partial charge in [-0.3, -0.25) is 14.9 Å². The van der Waals surface area contributed by atoms with Crippen LogP contribution < -0.4 is 14.3 Å². The van der Waals surface area contributed by atoms with Gasteiger partial charge in [0.25, 0.3) is 11.6 Å². The van der Waals surface area contributed by atoms with E-state index in [2.05, 4.69) is 15.2 Å². The van der Waals surface area contributed by atoms with E-state index in [1.54, 1.807) is 26.0 Å². The molecule has 0 aliphatic carbocycles. The average molecular weight is 575 g/mol. The Morgan fingerprint density at radius 1 is 0.923 bits per heavy atom. The summed E-state index contributed by atoms with van der Waals surface area (Å²) >= 11 is 0. The van der Waals surface area contributed by atoms with Crippen LogP contribution in [-0.4, -0.2) is 39.9 Å². The number of nitrogens with one attached hydrogen (secondary N) is 2. The Hall–Kier alpha value is -4.14. The van der Waals surface area contributed by atoms with Crippen molar-refractivity contribution < 1.29 is 30.7 Å². The second-order valence-electron chi connectivity index (χ2n) is 8.75. The first-order valence-corrected chi connectivity index (χ1v) is 14.4. The standard InChI is InChI=1S/C25H26N4O8S2/c1-17(2)24(28-38(33,34)22-12-4-18(3)5-13-22)25(30)27-26-16-19-6-10-21(11-7-19)37-39(35,36)23-14-8-20(9-15-23)29(31)32/h4-17,24,28H,1-3H3,(H,27,30)/b26-16-/t24-/m0/s1. The molecule has 0 saturated heterocycles. The number of nitro groups is 1. The summed E-state index contributed by atoms with van der Waals surface area (Å²) in [6.45, 7) is 5.21. The van der Waals surface area contributed by atoms with E-state index in [-0.39, 0.29) is 27.1 Å². The monoisotopic (exact) mass is 574 g/mol. The third-order valence-corrected chi connectivity index (χ3v) is 8.09. The van der Waals surface area contributed by atoms with Crippen LogP contribution in [-0.2, 0) is 24.9 Å². The van der Waals surface area contributed by atoms with Crippen molar-refractivity contribution in [2.75, 3.05) is 0 Å². The number of aryl methyl sites for hydroxylation is 1. The van der Waals surface area contributed by atoms with E-state index in [0.29, 0.717) is 5.56 Å². The number of nitrogens with zero attached hydrogens (tertiary/aromatic N) is 2. The smallest absolute Gasteiger partial charge is 0.339 e. The minimum Gasteiger partial charge on any atom is -0.379 e. The molecule has 0 aromatic heterocycles. The summed E-state index contributed by atoms with van der Waals surface area (Å²) in [5.41, 5.74) is 3.43. The van der Waals surface area contributed by atoms with Gasteiger partial charge in [-0.05, 0) is 66.9 Å². The first kappa shape index (κ1) is 29.4. The third kappa shape index (κ3) is 7.92. The number of hydrogen-bond acceptors (Lipinski definition) is 9. The minimum atomic E-state index is -4.22. The van der Waals surface area contributed by atoms with Crippen LogP contribution in [0.1, 0.15) is 25.0 Å². The van der Waals surface area contributed by atoms with E-state index in [9.17, 15) is 31.7 Å². The van der Waals surface area contributed by atoms with E-state index in [0.717, 1.165) is 29.8 Å². The molecule has 0 bridgehead atoms. The molecule has 39 heavy (non-hydrogen) atoms. The van der Waals surface area contributed by atoms with Crippen molar-refractivity contribution in [3.8, 4) is 5.75 Å². The van der Waals surface area contributed by atoms with Crippen LogP contribution in [0.15, 0.2) is 87.7 Å². The maximum atomic E-state index is 12.7. The average Bonchev–Trinajstić information content (AvgIpc) is 2.88. The van der Waals surface area contributed by atoms with Crippen molar-refractivity contribution >= 4 is 38.0 Å². The summed E-state index contributed by atoms with van der Waals surface area (Å²) in [4.78, 5) is 22.5. The fourth-order valence-corrected chi connectivity index (χ4v) is 5.48. The lowest BCUT2D eigenvalue weighted by molar-refractivity contribution is -0.384. The quantitative estimate of drug-likeness (QED) is 0.152. The van der Waals surface area contributed by atoms with Gasteiger partial charge in [0.1, 0.15) is 16.7 Å². The summed E-state index contributed by atoms with van der Waals surface area (Å²) < 4.78 is 57.7. The number of benzene rings is 3. The van der Waals surface area contributed by atoms with Gasteiger partial charge in [0.15, 0.2) is 0 Å². The Kier molecular flexibility index (Phi) is 9.16. The number of nitro benzene ring substituents is 1. The fraction of sp³-hybridized carbons (Fsp3) is 0.200. The van der Waals surface area contributed by atoms with Gasteiger partial charge in [-0.2, -0.15) is 18.2 Å². The maximum absolute atomic E-state index is 12.7. The Morgan fingerprint density at radius 3 is 2.03 bits per heavy atom. The molecule has 0 saturated carbocycles. The normalized spacial score (nSPS) is 12.8. The second kappa shape index (κ2) is 12.1. The lowest BCUT2D eigenvalue weighted by atomic mass is 10.1. The van der Waals surface area contributed by atoms with Crippen LogP contribution >= 0.6 is 0 Å². The molecule has 0 radical (unpaired) electrons. The first-order chi connectivity index (χ1) is 18.3. The number of hydrogen-bond donors (Lipinski definition) is 2. The molecule has 0 heterocycles. The van der Waals surface area contributed by atoms with Gasteiger partial charge in [-0.15, -0.1) is 0 Å². The van der Waals surface area contributed by atoms with Crippen LogP contribution in [0.25, 0.3) is 0 Å². The number of non-ortho nitro benzene ring substituents is 1. The molecule has 14 heteroatoms. The van der Waals surface area contributed by atoms with Gasteiger partial charge in [0, 0.05) is 12.1 Å². The number of amides is 1. The van der Waals surface area contributed by atoms with Gasteiger partial charge >= 0.3 is 10.1 Å². The van der Waals surface area contributed by atoms with Gasteiger partial charge < -0.3 is 4.18 Å². The summed E-state index contributed by atoms with van der Waals surface area (Å²) in [7, 11) is -8.17. The Morgan fingerprint density at radius 2 is 1.49 bits per heavy atom. The lowest BCUT2D eigenvalue weighted by Crippen LogP contribution is -2.48. The van der Waals surface area contributed by atoms with E-state index in [1.165, 1.54) is 42.6 Å². The van der Waals surface area contributed by atoms with Gasteiger partial charge in [0.2, 0.25) is 10.0 Å². The van der Waals surface area contributed by atoms with Crippen molar-refractivity contribution in [2.24, 2.45) is 11.0 Å². The number of hydrazone groups is 1. The molecule has 0 spiro atoms. The molecule has 3 rings (SSSR count). The highest BCUT2D eigenvalue weighted by Gasteiger charge is 2.28. The molecule has 0 aliphatic rings. The molecule has 0 aliphatic heterocycles. The Balaban J connectivity index is 1.62. The number of carbonyl (C=O) groups is 1. The summed E-state index contributed by atoms with van der Waals surface area (Å²) in [6.07, 6.45) is 1.29. The predicted octanol–water partition coefficient (Wildman–Crippen LogP) is 3.12. The van der Waals surface area contributed by atoms with Gasteiger partial charge in [0.05, 0.1) is 16.0 Å². The van der Waals surface area contributed by atoms with Crippen molar-refractivity contribution in [3.05, 3.63) is 94.0 Å². The zero-order valence-corrected chi connectivity index (χ0v) is 22.8. The molecule has 3 aromatic rings. The highest BCUT2D eigenvalue weighted by atomic mass is 32.2. The highest BCUT2D eigenvalue weighted by Crippen LogP contribution is 2.21. The van der Waals surface area contributed by atoms with E-state index in [1.807, 2.05) is 6.92 Å². The highest BCUT2D eigenvalue weighted by molar-refractivity contribution is 7.89. The van der Waals surface area contributed by atoms with Crippen LogP contribution in [0.4, 0.5) is 5.69 Å². The Bertz CT molecular complexity index is 1570. The molecule has 2 N–H and O–H groups in total. The maximum Gasteiger partial charge on any atom is 0.339 e. The van der Waals surface area contributed by atoms with Crippen molar-refractivity contribution in [2.45, 2.75) is 36.6 Å². The van der Waals surface area contributed by atoms with E-state index in [4.69, 9.17) is 4.18 Å². The largest absolute Gasteiger partial charge is 0.379 e. The van der Waals surface area contributed by atoms with Crippen LogP contribution in [0.5, 0.6) is 5.75 Å². The zero-order chi connectivity index (χ0) is 28.8. The fourth-order valence-electron chi connectivity index (χ4n) is 3.20. The van der Waals surface area contributed by atoms with E-state index >= 15 is 0 Å². The molecule has 1 atom stereocenters. The zero-order valence-electron chi connectivity index (χ0n) is 21.1. The number of sulfonamides is 1. The third-order valence-electron chi connectivity index (χ3n) is 5.37. The molecule has 0 fully saturated rings. The molecule has 3 aromatic carbocycles. The molecule has 12 nitrogen and oxygen atoms in total. The summed E-state index contributed by atoms with van der Waals surface area (Å²) in [5, 5.41) is 14.6. The predicted molar refractivity (Wildman–Crippen MR) is 143 cm³/mol. The topological polar surface area (TPSA) is 174 Å². The minimum absolute atomic E-state index is 0.0140. The van der Waals surface area contributed by atoms with Crippen molar-refractivity contribution in [1.82, 2.24) is 10.1 Å². The van der Waals surface area contributed by atoms with E-state index < -0.39 is 37.0 Å². The molecular weight excluding hydrogens is 548 g/mol. The molecule has 206 valence electrons. The molecule has 1 amide bonds. The van der Waals surface area contributed by atoms with Crippen molar-refractivity contribution in [1.29, 1.82) is 0 Å². The van der Waals surface area contributed by atoms with Crippen LogP contribution in [0.3, 0.4) is 0 Å². The summed E-state index contributed by atoms with van der Waals surface area (Å²) in [5.74, 6) is -1.06.